The van der Waals surface area contributed by atoms with Crippen LogP contribution in [0.4, 0.5) is 8.78 Å². The molecule has 2 N–H and O–H groups in total. The van der Waals surface area contributed by atoms with Crippen molar-refractivity contribution in [1.82, 2.24) is 4.98 Å². The van der Waals surface area contributed by atoms with Gasteiger partial charge in [-0.3, -0.25) is 4.98 Å². The van der Waals surface area contributed by atoms with Crippen LogP contribution in [-0.2, 0) is 13.0 Å². The lowest BCUT2D eigenvalue weighted by Crippen LogP contribution is -2.06. The van der Waals surface area contributed by atoms with E-state index in [9.17, 15) is 8.78 Å². The molecule has 74 valence electrons. The smallest absolute Gasteiger partial charge is 0.280 e. The van der Waals surface area contributed by atoms with Gasteiger partial charge in [0.1, 0.15) is 5.69 Å². The molecule has 1 aromatic heterocycles. The monoisotopic (exact) mass is 197 g/mol. The molecule has 0 radical (unpaired) electrons. The highest BCUT2D eigenvalue weighted by atomic mass is 19.3. The molecule has 0 aliphatic rings. The molecule has 14 heavy (non-hydrogen) atoms. The van der Waals surface area contributed by atoms with Crippen molar-refractivity contribution in [3.8, 4) is 6.07 Å². The summed E-state index contributed by atoms with van der Waals surface area (Å²) in [6.45, 7) is 0.138. The Morgan fingerprint density at radius 2 is 2.29 bits per heavy atom. The maximum absolute atomic E-state index is 12.5. The molecule has 0 spiro atoms. The van der Waals surface area contributed by atoms with Crippen LogP contribution < -0.4 is 5.73 Å². The van der Waals surface area contributed by atoms with Crippen molar-refractivity contribution in [2.45, 2.75) is 19.4 Å². The third-order valence-corrected chi connectivity index (χ3v) is 1.87. The molecule has 0 saturated carbocycles. The lowest BCUT2D eigenvalue weighted by Gasteiger charge is -2.08. The molecular formula is C9H9F2N3. The Balaban J connectivity index is 3.22. The zero-order valence-corrected chi connectivity index (χ0v) is 7.37. The Kier molecular flexibility index (Phi) is 3.48. The molecule has 0 aliphatic heterocycles. The van der Waals surface area contributed by atoms with E-state index in [1.54, 1.807) is 6.07 Å². The lowest BCUT2D eigenvalue weighted by molar-refractivity contribution is 0.145. The number of hydrogen-bond donors (Lipinski definition) is 1. The first-order chi connectivity index (χ1) is 6.70. The second kappa shape index (κ2) is 4.63. The molecule has 3 nitrogen and oxygen atoms in total. The fourth-order valence-corrected chi connectivity index (χ4v) is 1.21. The van der Waals surface area contributed by atoms with Crippen LogP contribution in [0.5, 0.6) is 0 Å². The van der Waals surface area contributed by atoms with Crippen LogP contribution in [0.2, 0.25) is 0 Å². The Labute approximate surface area is 80.2 Å². The van der Waals surface area contributed by atoms with Crippen LogP contribution in [0.25, 0.3) is 0 Å². The summed E-state index contributed by atoms with van der Waals surface area (Å²) in [5, 5.41) is 8.48. The minimum atomic E-state index is -2.66. The summed E-state index contributed by atoms with van der Waals surface area (Å²) >= 11 is 0. The van der Waals surface area contributed by atoms with Crippen LogP contribution in [0.1, 0.15) is 23.2 Å². The van der Waals surface area contributed by atoms with Crippen LogP contribution >= 0.6 is 0 Å². The highest BCUT2D eigenvalue weighted by Gasteiger charge is 2.16. The van der Waals surface area contributed by atoms with E-state index in [4.69, 9.17) is 11.0 Å². The van der Waals surface area contributed by atoms with E-state index in [0.29, 0.717) is 5.56 Å². The Morgan fingerprint density at radius 1 is 1.57 bits per heavy atom. The van der Waals surface area contributed by atoms with Crippen molar-refractivity contribution in [2.24, 2.45) is 5.73 Å². The average molecular weight is 197 g/mol. The van der Waals surface area contributed by atoms with Crippen molar-refractivity contribution in [1.29, 1.82) is 5.26 Å². The highest BCUT2D eigenvalue weighted by Crippen LogP contribution is 2.23. The minimum Gasteiger partial charge on any atom is -0.326 e. The van der Waals surface area contributed by atoms with E-state index in [2.05, 4.69) is 4.98 Å². The molecule has 0 bridgehead atoms. The molecule has 0 aliphatic carbocycles. The predicted molar refractivity (Wildman–Crippen MR) is 46.4 cm³/mol. The standard InChI is InChI=1S/C9H9F2N3/c10-9(11)8-7(1-3-12)6(5-13)2-4-14-8/h2,4,9H,1,5,13H2. The summed E-state index contributed by atoms with van der Waals surface area (Å²) < 4.78 is 24.9. The van der Waals surface area contributed by atoms with Gasteiger partial charge in [0.2, 0.25) is 0 Å². The van der Waals surface area contributed by atoms with E-state index in [0.717, 1.165) is 0 Å². The molecule has 1 heterocycles. The number of pyridine rings is 1. The van der Waals surface area contributed by atoms with Crippen LogP contribution in [0.3, 0.4) is 0 Å². The van der Waals surface area contributed by atoms with Crippen molar-refractivity contribution in [3.63, 3.8) is 0 Å². The van der Waals surface area contributed by atoms with Gasteiger partial charge in [-0.25, -0.2) is 8.78 Å². The topological polar surface area (TPSA) is 62.7 Å². The number of nitrogens with two attached hydrogens (primary N) is 1. The van der Waals surface area contributed by atoms with Crippen molar-refractivity contribution in [2.75, 3.05) is 0 Å². The number of hydrogen-bond acceptors (Lipinski definition) is 3. The molecule has 0 amide bonds. The lowest BCUT2D eigenvalue weighted by atomic mass is 10.0. The molecule has 1 rings (SSSR count). The van der Waals surface area contributed by atoms with E-state index in [-0.39, 0.29) is 24.2 Å². The van der Waals surface area contributed by atoms with Gasteiger partial charge in [0, 0.05) is 12.7 Å². The number of nitrogens with zero attached hydrogens (tertiary/aromatic N) is 2. The molecular weight excluding hydrogens is 188 g/mol. The summed E-state index contributed by atoms with van der Waals surface area (Å²) in [6.07, 6.45) is -1.46. The molecule has 0 fully saturated rings. The molecule has 0 saturated heterocycles. The van der Waals surface area contributed by atoms with Gasteiger partial charge in [-0.05, 0) is 17.2 Å². The summed E-state index contributed by atoms with van der Waals surface area (Å²) in [7, 11) is 0. The Morgan fingerprint density at radius 3 is 2.79 bits per heavy atom. The van der Waals surface area contributed by atoms with Gasteiger partial charge in [-0.1, -0.05) is 0 Å². The quantitative estimate of drug-likeness (QED) is 0.799. The number of aromatic nitrogens is 1. The first kappa shape index (κ1) is 10.5. The molecule has 5 heteroatoms. The van der Waals surface area contributed by atoms with Crippen LogP contribution in [0, 0.1) is 11.3 Å². The van der Waals surface area contributed by atoms with Gasteiger partial charge in [-0.15, -0.1) is 0 Å². The fourth-order valence-electron chi connectivity index (χ4n) is 1.21. The van der Waals surface area contributed by atoms with Crippen LogP contribution in [-0.4, -0.2) is 4.98 Å². The average Bonchev–Trinajstić information content (AvgIpc) is 2.18. The summed E-state index contributed by atoms with van der Waals surface area (Å²) in [4.78, 5) is 3.55. The zero-order chi connectivity index (χ0) is 10.6. The van der Waals surface area contributed by atoms with E-state index >= 15 is 0 Å². The maximum atomic E-state index is 12.5. The highest BCUT2D eigenvalue weighted by molar-refractivity contribution is 5.33. The van der Waals surface area contributed by atoms with Crippen molar-refractivity contribution >= 4 is 0 Å². The van der Waals surface area contributed by atoms with Gasteiger partial charge in [0.15, 0.2) is 0 Å². The second-order valence-electron chi connectivity index (χ2n) is 2.67. The number of rotatable bonds is 3. The van der Waals surface area contributed by atoms with Crippen molar-refractivity contribution < 1.29 is 8.78 Å². The third kappa shape index (κ3) is 2.03. The van der Waals surface area contributed by atoms with E-state index in [1.807, 2.05) is 6.07 Å². The van der Waals surface area contributed by atoms with Crippen molar-refractivity contribution in [3.05, 3.63) is 29.1 Å². The minimum absolute atomic E-state index is 0.0833. The Bertz CT molecular complexity index is 358. The van der Waals surface area contributed by atoms with E-state index in [1.165, 1.54) is 6.20 Å². The third-order valence-electron chi connectivity index (χ3n) is 1.87. The van der Waals surface area contributed by atoms with Gasteiger partial charge >= 0.3 is 0 Å². The summed E-state index contributed by atoms with van der Waals surface area (Å²) in [5.41, 5.74) is 5.84. The van der Waals surface area contributed by atoms with Gasteiger partial charge in [0.25, 0.3) is 6.43 Å². The first-order valence-electron chi connectivity index (χ1n) is 4.02. The second-order valence-corrected chi connectivity index (χ2v) is 2.67. The SMILES string of the molecule is N#CCc1c(CN)ccnc1C(F)F. The molecule has 0 atom stereocenters. The van der Waals surface area contributed by atoms with Gasteiger partial charge in [0.05, 0.1) is 12.5 Å². The first-order valence-corrected chi connectivity index (χ1v) is 4.02. The molecule has 0 aromatic carbocycles. The van der Waals surface area contributed by atoms with Gasteiger partial charge in [-0.2, -0.15) is 5.26 Å². The predicted octanol–water partition coefficient (Wildman–Crippen LogP) is 1.54. The molecule has 1 aromatic rings. The van der Waals surface area contributed by atoms with Crippen LogP contribution in [0.15, 0.2) is 12.3 Å². The summed E-state index contributed by atoms with van der Waals surface area (Å²) in [5.74, 6) is 0. The zero-order valence-electron chi connectivity index (χ0n) is 7.37. The Hall–Kier alpha value is -1.54. The fraction of sp³-hybridized carbons (Fsp3) is 0.333. The number of alkyl halides is 2. The number of nitriles is 1. The largest absolute Gasteiger partial charge is 0.326 e. The van der Waals surface area contributed by atoms with E-state index < -0.39 is 6.43 Å². The maximum Gasteiger partial charge on any atom is 0.280 e. The van der Waals surface area contributed by atoms with Gasteiger partial charge < -0.3 is 5.73 Å². The summed E-state index contributed by atoms with van der Waals surface area (Å²) in [6, 6.07) is 3.38. The normalized spacial score (nSPS) is 10.2. The molecule has 0 unspecified atom stereocenters. The number of halogens is 2.